The van der Waals surface area contributed by atoms with Gasteiger partial charge in [-0.05, 0) is 25.3 Å². The number of halogens is 2. The van der Waals surface area contributed by atoms with Crippen molar-refractivity contribution in [3.05, 3.63) is 29.8 Å². The summed E-state index contributed by atoms with van der Waals surface area (Å²) in [6.45, 7) is -2.85. The second-order valence-corrected chi connectivity index (χ2v) is 3.92. The minimum absolute atomic E-state index is 0.124. The molecule has 16 heavy (non-hydrogen) atoms. The molecule has 1 aromatic rings. The topological polar surface area (TPSA) is 33.0 Å². The van der Waals surface area contributed by atoms with Crippen LogP contribution < -0.4 is 4.74 Å². The van der Waals surface area contributed by atoms with Gasteiger partial charge in [0.2, 0.25) is 0 Å². The third kappa shape index (κ3) is 1.73. The first-order valence-electron chi connectivity index (χ1n) is 5.13. The molecule has 1 saturated carbocycles. The Bertz CT molecular complexity index is 421. The molecule has 0 amide bonds. The van der Waals surface area contributed by atoms with Crippen LogP contribution in [0.1, 0.15) is 24.8 Å². The fourth-order valence-corrected chi connectivity index (χ4v) is 2.03. The van der Waals surface area contributed by atoms with E-state index in [-0.39, 0.29) is 5.75 Å². The first-order valence-corrected chi connectivity index (χ1v) is 5.13. The fraction of sp³-hybridized carbons (Fsp3) is 0.417. The van der Waals surface area contributed by atoms with Crippen LogP contribution in [0, 0.1) is 11.3 Å². The number of alkyl halides is 2. The first kappa shape index (κ1) is 10.9. The highest BCUT2D eigenvalue weighted by molar-refractivity contribution is 5.45. The SMILES string of the molecule is N#CC1(c2ccccc2OC(F)F)CCC1. The van der Waals surface area contributed by atoms with Gasteiger partial charge in [-0.15, -0.1) is 0 Å². The van der Waals surface area contributed by atoms with Gasteiger partial charge in [0.15, 0.2) is 0 Å². The number of benzene rings is 1. The number of hydrogen-bond donors (Lipinski definition) is 0. The number of para-hydroxylation sites is 1. The summed E-state index contributed by atoms with van der Waals surface area (Å²) >= 11 is 0. The predicted octanol–water partition coefficient (Wildman–Crippen LogP) is 3.23. The maximum absolute atomic E-state index is 12.2. The van der Waals surface area contributed by atoms with Gasteiger partial charge in [-0.25, -0.2) is 0 Å². The zero-order chi connectivity index (χ0) is 11.6. The van der Waals surface area contributed by atoms with Crippen molar-refractivity contribution in [1.82, 2.24) is 0 Å². The van der Waals surface area contributed by atoms with Gasteiger partial charge in [0.05, 0.1) is 11.5 Å². The number of hydrogen-bond acceptors (Lipinski definition) is 2. The van der Waals surface area contributed by atoms with E-state index in [1.165, 1.54) is 6.07 Å². The summed E-state index contributed by atoms with van der Waals surface area (Å²) in [7, 11) is 0. The summed E-state index contributed by atoms with van der Waals surface area (Å²) in [6.07, 6.45) is 2.39. The van der Waals surface area contributed by atoms with Crippen LogP contribution in [0.5, 0.6) is 5.75 Å². The molecule has 0 aliphatic heterocycles. The molecular formula is C12H11F2NO. The molecule has 1 fully saturated rings. The van der Waals surface area contributed by atoms with E-state index in [2.05, 4.69) is 10.8 Å². The van der Waals surface area contributed by atoms with Crippen molar-refractivity contribution in [1.29, 1.82) is 5.26 Å². The van der Waals surface area contributed by atoms with Crippen molar-refractivity contribution in [2.75, 3.05) is 0 Å². The molecule has 0 bridgehead atoms. The van der Waals surface area contributed by atoms with Crippen LogP contribution in [-0.2, 0) is 5.41 Å². The van der Waals surface area contributed by atoms with Crippen molar-refractivity contribution < 1.29 is 13.5 Å². The molecule has 1 aliphatic carbocycles. The number of ether oxygens (including phenoxy) is 1. The van der Waals surface area contributed by atoms with Gasteiger partial charge in [0.25, 0.3) is 0 Å². The Morgan fingerprint density at radius 1 is 1.31 bits per heavy atom. The second-order valence-electron chi connectivity index (χ2n) is 3.92. The van der Waals surface area contributed by atoms with Gasteiger partial charge < -0.3 is 4.74 Å². The van der Waals surface area contributed by atoms with Crippen molar-refractivity contribution in [2.24, 2.45) is 0 Å². The van der Waals surface area contributed by atoms with E-state index in [0.29, 0.717) is 18.4 Å². The minimum Gasteiger partial charge on any atom is -0.434 e. The molecule has 2 nitrogen and oxygen atoms in total. The lowest BCUT2D eigenvalue weighted by Crippen LogP contribution is -2.33. The van der Waals surface area contributed by atoms with Crippen molar-refractivity contribution in [2.45, 2.75) is 31.3 Å². The lowest BCUT2D eigenvalue weighted by molar-refractivity contribution is -0.0511. The molecule has 0 atom stereocenters. The van der Waals surface area contributed by atoms with Crippen molar-refractivity contribution >= 4 is 0 Å². The smallest absolute Gasteiger partial charge is 0.387 e. The molecule has 0 unspecified atom stereocenters. The lowest BCUT2D eigenvalue weighted by atomic mass is 9.65. The molecule has 0 heterocycles. The van der Waals surface area contributed by atoms with Crippen LogP contribution in [-0.4, -0.2) is 6.61 Å². The van der Waals surface area contributed by atoms with Gasteiger partial charge in [-0.1, -0.05) is 18.2 Å². The highest BCUT2D eigenvalue weighted by atomic mass is 19.3. The Balaban J connectivity index is 2.37. The van der Waals surface area contributed by atoms with Gasteiger partial charge in [0.1, 0.15) is 5.75 Å². The van der Waals surface area contributed by atoms with Crippen LogP contribution in [0.2, 0.25) is 0 Å². The minimum atomic E-state index is -2.85. The van der Waals surface area contributed by atoms with Crippen LogP contribution in [0.25, 0.3) is 0 Å². The third-order valence-corrected chi connectivity index (χ3v) is 3.04. The quantitative estimate of drug-likeness (QED) is 0.788. The molecule has 0 aromatic heterocycles. The first-order chi connectivity index (χ1) is 7.68. The zero-order valence-electron chi connectivity index (χ0n) is 8.62. The standard InChI is InChI=1S/C12H11F2NO/c13-11(14)16-10-5-2-1-4-9(10)12(8-15)6-3-7-12/h1-2,4-5,11H,3,6-7H2. The van der Waals surface area contributed by atoms with Crippen LogP contribution in [0.15, 0.2) is 24.3 Å². The summed E-state index contributed by atoms with van der Waals surface area (Å²) in [5, 5.41) is 9.16. The third-order valence-electron chi connectivity index (χ3n) is 3.04. The van der Waals surface area contributed by atoms with Gasteiger partial charge >= 0.3 is 6.61 Å². The van der Waals surface area contributed by atoms with E-state index in [1.807, 2.05) is 0 Å². The molecule has 0 radical (unpaired) electrons. The normalized spacial score (nSPS) is 17.6. The second kappa shape index (κ2) is 4.09. The molecular weight excluding hydrogens is 212 g/mol. The van der Waals surface area contributed by atoms with E-state index >= 15 is 0 Å². The average molecular weight is 223 g/mol. The zero-order valence-corrected chi connectivity index (χ0v) is 8.62. The fourth-order valence-electron chi connectivity index (χ4n) is 2.03. The van der Waals surface area contributed by atoms with Crippen molar-refractivity contribution in [3.63, 3.8) is 0 Å². The van der Waals surface area contributed by atoms with Gasteiger partial charge in [-0.3, -0.25) is 0 Å². The lowest BCUT2D eigenvalue weighted by Gasteiger charge is -2.36. The number of nitrogens with zero attached hydrogens (tertiary/aromatic N) is 1. The van der Waals surface area contributed by atoms with Crippen molar-refractivity contribution in [3.8, 4) is 11.8 Å². The summed E-state index contributed by atoms with van der Waals surface area (Å²) in [6, 6.07) is 8.77. The van der Waals surface area contributed by atoms with E-state index in [4.69, 9.17) is 5.26 Å². The summed E-state index contributed by atoms with van der Waals surface area (Å²) in [4.78, 5) is 0. The molecule has 84 valence electrons. The highest BCUT2D eigenvalue weighted by Gasteiger charge is 2.41. The molecule has 0 N–H and O–H groups in total. The maximum atomic E-state index is 12.2. The maximum Gasteiger partial charge on any atom is 0.387 e. The van der Waals surface area contributed by atoms with E-state index < -0.39 is 12.0 Å². The highest BCUT2D eigenvalue weighted by Crippen LogP contribution is 2.46. The number of nitriles is 1. The van der Waals surface area contributed by atoms with Gasteiger partial charge in [0, 0.05) is 5.56 Å². The predicted molar refractivity (Wildman–Crippen MR) is 54.2 cm³/mol. The van der Waals surface area contributed by atoms with Crippen LogP contribution in [0.3, 0.4) is 0 Å². The Morgan fingerprint density at radius 3 is 2.50 bits per heavy atom. The average Bonchev–Trinajstić information content (AvgIpc) is 2.19. The molecule has 4 heteroatoms. The van der Waals surface area contributed by atoms with E-state index in [0.717, 1.165) is 6.42 Å². The summed E-state index contributed by atoms with van der Waals surface area (Å²) in [5.74, 6) is 0.124. The Kier molecular flexibility index (Phi) is 2.78. The Labute approximate surface area is 92.5 Å². The Hall–Kier alpha value is -1.63. The molecule has 1 aliphatic rings. The summed E-state index contributed by atoms with van der Waals surface area (Å²) < 4.78 is 28.9. The molecule has 1 aromatic carbocycles. The van der Waals surface area contributed by atoms with Crippen LogP contribution >= 0.6 is 0 Å². The van der Waals surface area contributed by atoms with E-state index in [9.17, 15) is 8.78 Å². The molecule has 0 saturated heterocycles. The molecule has 0 spiro atoms. The number of rotatable bonds is 3. The van der Waals surface area contributed by atoms with Gasteiger partial charge in [-0.2, -0.15) is 14.0 Å². The monoisotopic (exact) mass is 223 g/mol. The van der Waals surface area contributed by atoms with Crippen LogP contribution in [0.4, 0.5) is 8.78 Å². The molecule has 2 rings (SSSR count). The summed E-state index contributed by atoms with van der Waals surface area (Å²) in [5.41, 5.74) is -0.0325. The Morgan fingerprint density at radius 2 is 2.00 bits per heavy atom. The van der Waals surface area contributed by atoms with E-state index in [1.54, 1.807) is 18.2 Å². The largest absolute Gasteiger partial charge is 0.434 e.